The first kappa shape index (κ1) is 14.0. The number of hydrogen-bond donors (Lipinski definition) is 0. The van der Waals surface area contributed by atoms with Gasteiger partial charge in [-0.1, -0.05) is 0 Å². The molecule has 0 bridgehead atoms. The fourth-order valence-electron chi connectivity index (χ4n) is 1.89. The molecular formula is C15H9ClN2O2Se. The SMILES string of the molecule is O=[N+]([O-])c1ccc(Cl)c(C=Cc2nc3ccccc3[se]2)c1. The molecule has 3 rings (SSSR count). The van der Waals surface area contributed by atoms with E-state index in [0.717, 1.165) is 10.1 Å². The van der Waals surface area contributed by atoms with E-state index in [1.54, 1.807) is 6.08 Å². The van der Waals surface area contributed by atoms with Crippen LogP contribution in [0.1, 0.15) is 10.1 Å². The van der Waals surface area contributed by atoms with Crippen LogP contribution in [0.2, 0.25) is 5.02 Å². The number of aromatic nitrogens is 1. The van der Waals surface area contributed by atoms with Crippen molar-refractivity contribution in [2.45, 2.75) is 0 Å². The van der Waals surface area contributed by atoms with Crippen LogP contribution in [0.5, 0.6) is 0 Å². The minimum absolute atomic E-state index is 0.0289. The van der Waals surface area contributed by atoms with Gasteiger partial charge in [-0.15, -0.1) is 0 Å². The third-order valence-corrected chi connectivity index (χ3v) is 5.35. The van der Waals surface area contributed by atoms with E-state index in [1.165, 1.54) is 22.5 Å². The van der Waals surface area contributed by atoms with Crippen LogP contribution in [0.15, 0.2) is 42.5 Å². The van der Waals surface area contributed by atoms with Crippen LogP contribution in [0.3, 0.4) is 0 Å². The van der Waals surface area contributed by atoms with Crippen molar-refractivity contribution >= 4 is 53.7 Å². The quantitative estimate of drug-likeness (QED) is 0.401. The molecule has 21 heavy (non-hydrogen) atoms. The normalized spacial score (nSPS) is 11.3. The molecule has 0 radical (unpaired) electrons. The molecule has 0 unspecified atom stereocenters. The van der Waals surface area contributed by atoms with E-state index in [4.69, 9.17) is 11.6 Å². The number of rotatable bonds is 3. The first-order valence-electron chi connectivity index (χ1n) is 6.11. The van der Waals surface area contributed by atoms with Gasteiger partial charge < -0.3 is 0 Å². The summed E-state index contributed by atoms with van der Waals surface area (Å²) in [5.74, 6) is 0. The average molecular weight is 364 g/mol. The molecule has 0 saturated heterocycles. The number of nitrogens with zero attached hydrogens (tertiary/aromatic N) is 2. The molecule has 4 nitrogen and oxygen atoms in total. The third-order valence-electron chi connectivity index (χ3n) is 2.91. The third kappa shape index (κ3) is 3.05. The molecule has 0 atom stereocenters. The monoisotopic (exact) mass is 364 g/mol. The van der Waals surface area contributed by atoms with Gasteiger partial charge in [-0.3, -0.25) is 0 Å². The second kappa shape index (κ2) is 5.82. The van der Waals surface area contributed by atoms with Crippen molar-refractivity contribution < 1.29 is 4.92 Å². The van der Waals surface area contributed by atoms with E-state index in [2.05, 4.69) is 11.1 Å². The summed E-state index contributed by atoms with van der Waals surface area (Å²) >= 11 is 6.23. The topological polar surface area (TPSA) is 56.0 Å². The summed E-state index contributed by atoms with van der Waals surface area (Å²) in [4.78, 5) is 14.9. The second-order valence-electron chi connectivity index (χ2n) is 4.32. The molecule has 0 saturated carbocycles. The van der Waals surface area contributed by atoms with Crippen LogP contribution in [-0.4, -0.2) is 24.4 Å². The molecular weight excluding hydrogens is 355 g/mol. The number of hydrogen-bond acceptors (Lipinski definition) is 3. The number of para-hydroxylation sites is 1. The van der Waals surface area contributed by atoms with Crippen molar-refractivity contribution in [3.05, 3.63) is 67.7 Å². The summed E-state index contributed by atoms with van der Waals surface area (Å²) in [7, 11) is 0. The van der Waals surface area contributed by atoms with E-state index in [1.807, 2.05) is 24.3 Å². The summed E-state index contributed by atoms with van der Waals surface area (Å²) in [5, 5.41) is 11.3. The van der Waals surface area contributed by atoms with Gasteiger partial charge in [0.1, 0.15) is 0 Å². The van der Waals surface area contributed by atoms with Crippen molar-refractivity contribution in [1.29, 1.82) is 0 Å². The molecule has 3 aromatic rings. The van der Waals surface area contributed by atoms with Crippen molar-refractivity contribution in [1.82, 2.24) is 4.98 Å². The molecule has 0 N–H and O–H groups in total. The van der Waals surface area contributed by atoms with Gasteiger partial charge in [0.05, 0.1) is 0 Å². The molecule has 2 aromatic carbocycles. The Morgan fingerprint density at radius 3 is 2.76 bits per heavy atom. The number of halogens is 1. The van der Waals surface area contributed by atoms with Crippen LogP contribution < -0.4 is 0 Å². The van der Waals surface area contributed by atoms with Crippen LogP contribution >= 0.6 is 11.6 Å². The van der Waals surface area contributed by atoms with Gasteiger partial charge >= 0.3 is 131 Å². The molecule has 0 spiro atoms. The summed E-state index contributed by atoms with van der Waals surface area (Å²) < 4.78 is 2.22. The molecule has 104 valence electrons. The number of non-ortho nitro benzene ring substituents is 1. The van der Waals surface area contributed by atoms with Gasteiger partial charge in [-0.2, -0.15) is 0 Å². The van der Waals surface area contributed by atoms with E-state index in [-0.39, 0.29) is 20.2 Å². The predicted molar refractivity (Wildman–Crippen MR) is 85.7 cm³/mol. The Labute approximate surface area is 131 Å². The average Bonchev–Trinajstić information content (AvgIpc) is 2.89. The Morgan fingerprint density at radius 1 is 1.19 bits per heavy atom. The van der Waals surface area contributed by atoms with Crippen molar-refractivity contribution in [2.24, 2.45) is 0 Å². The Morgan fingerprint density at radius 2 is 2.00 bits per heavy atom. The van der Waals surface area contributed by atoms with Crippen molar-refractivity contribution in [3.63, 3.8) is 0 Å². The van der Waals surface area contributed by atoms with Crippen molar-refractivity contribution in [2.75, 3.05) is 0 Å². The molecule has 0 amide bonds. The fourth-order valence-corrected chi connectivity index (χ4v) is 3.90. The van der Waals surface area contributed by atoms with Gasteiger partial charge in [0.15, 0.2) is 0 Å². The number of nitro groups is 1. The summed E-state index contributed by atoms with van der Waals surface area (Å²) in [6.07, 6.45) is 3.66. The second-order valence-corrected chi connectivity index (χ2v) is 6.95. The van der Waals surface area contributed by atoms with Crippen LogP contribution in [0, 0.1) is 10.1 Å². The maximum atomic E-state index is 10.8. The zero-order chi connectivity index (χ0) is 14.8. The summed E-state index contributed by atoms with van der Waals surface area (Å²) in [5.41, 5.74) is 1.66. The zero-order valence-electron chi connectivity index (χ0n) is 10.7. The van der Waals surface area contributed by atoms with Crippen LogP contribution in [-0.2, 0) is 0 Å². The molecule has 0 fully saturated rings. The van der Waals surface area contributed by atoms with E-state index >= 15 is 0 Å². The van der Waals surface area contributed by atoms with E-state index in [9.17, 15) is 10.1 Å². The predicted octanol–water partition coefficient (Wildman–Crippen LogP) is 4.02. The Hall–Kier alpha value is -1.94. The van der Waals surface area contributed by atoms with Gasteiger partial charge in [0.25, 0.3) is 0 Å². The molecule has 1 heterocycles. The van der Waals surface area contributed by atoms with Crippen LogP contribution in [0.4, 0.5) is 5.69 Å². The number of fused-ring (bicyclic) bond motifs is 1. The minimum atomic E-state index is -0.430. The Kier molecular flexibility index (Phi) is 3.88. The van der Waals surface area contributed by atoms with Crippen LogP contribution in [0.25, 0.3) is 21.9 Å². The first-order valence-corrected chi connectivity index (χ1v) is 8.20. The molecule has 1 aromatic heterocycles. The maximum absolute atomic E-state index is 10.8. The standard InChI is InChI=1S/C15H9ClN2O2Se/c16-12-7-6-11(18(19)20)9-10(12)5-8-15-17-13-3-1-2-4-14(13)21-15/h1-9H. The fraction of sp³-hybridized carbons (Fsp3) is 0. The van der Waals surface area contributed by atoms with Gasteiger partial charge in [0.2, 0.25) is 0 Å². The number of benzene rings is 2. The first-order chi connectivity index (χ1) is 10.1. The Bertz CT molecular complexity index is 825. The molecule has 0 aliphatic heterocycles. The summed E-state index contributed by atoms with van der Waals surface area (Å²) in [6, 6.07) is 12.4. The van der Waals surface area contributed by atoms with Gasteiger partial charge in [-0.05, 0) is 0 Å². The number of nitro benzene ring substituents is 1. The Balaban J connectivity index is 1.95. The van der Waals surface area contributed by atoms with Gasteiger partial charge in [0, 0.05) is 0 Å². The molecule has 0 aliphatic carbocycles. The van der Waals surface area contributed by atoms with E-state index in [0.29, 0.717) is 10.6 Å². The van der Waals surface area contributed by atoms with Crippen molar-refractivity contribution in [3.8, 4) is 0 Å². The molecule has 0 aliphatic rings. The zero-order valence-corrected chi connectivity index (χ0v) is 13.2. The molecule has 6 heteroatoms. The summed E-state index contributed by atoms with van der Waals surface area (Å²) in [6.45, 7) is 0. The van der Waals surface area contributed by atoms with E-state index < -0.39 is 4.92 Å². The van der Waals surface area contributed by atoms with Gasteiger partial charge in [-0.25, -0.2) is 0 Å².